The van der Waals surface area contributed by atoms with Crippen molar-refractivity contribution >= 4 is 69.1 Å². The summed E-state index contributed by atoms with van der Waals surface area (Å²) in [6.45, 7) is 2.68. The second-order valence-electron chi connectivity index (χ2n) is 16.6. The molecular weight excluding hydrogens is 987 g/mol. The average Bonchev–Trinajstić information content (AvgIpc) is 3.84. The zero-order chi connectivity index (χ0) is 51.1. The smallest absolute Gasteiger partial charge is 0.386 e. The molecule has 10 N–H and O–H groups in total. The van der Waals surface area contributed by atoms with Crippen LogP contribution in [0.2, 0.25) is 0 Å². The van der Waals surface area contributed by atoms with Gasteiger partial charge < -0.3 is 50.9 Å². The summed E-state index contributed by atoms with van der Waals surface area (Å²) in [5.74, 6) is -1.04. The van der Waals surface area contributed by atoms with Crippen LogP contribution < -0.4 is 16.4 Å². The lowest BCUT2D eigenvalue weighted by atomic mass is 9.87. The lowest BCUT2D eigenvalue weighted by Crippen LogP contribution is -2.46. The van der Waals surface area contributed by atoms with Crippen molar-refractivity contribution in [3.05, 3.63) is 49.1 Å². The van der Waals surface area contributed by atoms with Gasteiger partial charge in [0.15, 0.2) is 22.8 Å². The first-order valence-electron chi connectivity index (χ1n) is 22.6. The maximum absolute atomic E-state index is 12.7. The Morgan fingerprint density at radius 2 is 1.52 bits per heavy atom. The van der Waals surface area contributed by atoms with Gasteiger partial charge in [-0.05, 0) is 38.5 Å². The number of unbranched alkanes of at least 4 members (excludes halogenated alkanes) is 7. The third-order valence-corrected chi connectivity index (χ3v) is 14.3. The number of carbonyl (C=O) groups excluding carboxylic acids is 3. The third kappa shape index (κ3) is 22.8. The molecule has 390 valence electrons. The molecule has 0 aliphatic carbocycles. The van der Waals surface area contributed by atoms with E-state index in [0.717, 1.165) is 80.4 Å². The summed E-state index contributed by atoms with van der Waals surface area (Å²) in [6, 6.07) is 0. The number of hydrogen-bond acceptors (Lipinski definition) is 18. The number of nitrogens with two attached hydrogens (primary N) is 1. The average molecular weight is 1060 g/mol. The Bertz CT molecular complexity index is 2170. The lowest BCUT2D eigenvalue weighted by molar-refractivity contribution is -0.137. The Kier molecular flexibility index (Phi) is 26.1. The second-order valence-corrected chi connectivity index (χ2v) is 22.0. The number of amides is 2. The summed E-state index contributed by atoms with van der Waals surface area (Å²) in [5.41, 5.74) is 4.28. The number of aliphatic hydroxyl groups excluding tert-OH is 2. The molecule has 2 amide bonds. The predicted octanol–water partition coefficient (Wildman–Crippen LogP) is 5.03. The number of allylic oxidation sites excluding steroid dienone is 6. The minimum absolute atomic E-state index is 0.0321. The summed E-state index contributed by atoms with van der Waals surface area (Å²) < 4.78 is 62.4. The number of phosphoric acid groups is 3. The molecule has 3 heterocycles. The lowest BCUT2D eigenvalue weighted by Gasteiger charge is -2.30. The highest BCUT2D eigenvalue weighted by Crippen LogP contribution is 2.61. The molecule has 0 aromatic carbocycles. The van der Waals surface area contributed by atoms with Crippen molar-refractivity contribution in [3.8, 4) is 0 Å². The van der Waals surface area contributed by atoms with E-state index in [0.29, 0.717) is 12.2 Å². The van der Waals surface area contributed by atoms with Crippen LogP contribution in [0.4, 0.5) is 5.82 Å². The number of ether oxygens (including phenoxy) is 1. The van der Waals surface area contributed by atoms with Crippen LogP contribution in [0, 0.1) is 5.41 Å². The van der Waals surface area contributed by atoms with Crippen LogP contribution in [0.15, 0.2) is 49.1 Å². The van der Waals surface area contributed by atoms with E-state index >= 15 is 0 Å². The summed E-state index contributed by atoms with van der Waals surface area (Å²) in [5, 5.41) is 26.7. The van der Waals surface area contributed by atoms with Crippen LogP contribution in [0.1, 0.15) is 110 Å². The molecule has 0 bridgehead atoms. The molecule has 24 nitrogen and oxygen atoms in total. The molecule has 2 aromatic heterocycles. The summed E-state index contributed by atoms with van der Waals surface area (Å²) in [6.07, 6.45) is 18.5. The molecule has 1 saturated heterocycles. The minimum atomic E-state index is -5.58. The van der Waals surface area contributed by atoms with Gasteiger partial charge in [-0.2, -0.15) is 4.31 Å². The Morgan fingerprint density at radius 3 is 2.20 bits per heavy atom. The van der Waals surface area contributed by atoms with E-state index in [1.165, 1.54) is 33.1 Å². The molecule has 4 unspecified atom stereocenters. The molecule has 69 heavy (non-hydrogen) atoms. The third-order valence-electron chi connectivity index (χ3n) is 10.3. The van der Waals surface area contributed by atoms with E-state index in [-0.39, 0.29) is 41.6 Å². The van der Waals surface area contributed by atoms with Crippen LogP contribution in [0.5, 0.6) is 0 Å². The van der Waals surface area contributed by atoms with Crippen molar-refractivity contribution in [1.82, 2.24) is 30.2 Å². The van der Waals surface area contributed by atoms with Gasteiger partial charge in [-0.15, -0.1) is 0 Å². The maximum atomic E-state index is 12.7. The van der Waals surface area contributed by atoms with Crippen molar-refractivity contribution in [1.29, 1.82) is 0 Å². The van der Waals surface area contributed by atoms with Crippen molar-refractivity contribution in [2.75, 3.05) is 37.8 Å². The Morgan fingerprint density at radius 1 is 0.884 bits per heavy atom. The summed E-state index contributed by atoms with van der Waals surface area (Å²) >= 11 is 1.15. The number of fused-ring (bicyclic) bond motifs is 1. The first-order chi connectivity index (χ1) is 32.6. The number of anilines is 1. The fraction of sp³-hybridized carbons (Fsp3) is 0.659. The predicted molar refractivity (Wildman–Crippen MR) is 256 cm³/mol. The van der Waals surface area contributed by atoms with Gasteiger partial charge in [0.05, 0.1) is 19.5 Å². The molecule has 7 atom stereocenters. The van der Waals surface area contributed by atoms with Crippen molar-refractivity contribution in [2.45, 2.75) is 135 Å². The van der Waals surface area contributed by atoms with Gasteiger partial charge in [0, 0.05) is 37.1 Å². The minimum Gasteiger partial charge on any atom is -0.386 e. The molecule has 0 radical (unpaired) electrons. The van der Waals surface area contributed by atoms with Gasteiger partial charge in [-0.3, -0.25) is 32.5 Å². The van der Waals surface area contributed by atoms with E-state index in [2.05, 4.69) is 77.8 Å². The Balaban J connectivity index is 1.28. The fourth-order valence-electron chi connectivity index (χ4n) is 6.61. The van der Waals surface area contributed by atoms with Gasteiger partial charge >= 0.3 is 23.5 Å². The monoisotopic (exact) mass is 1060 g/mol. The van der Waals surface area contributed by atoms with Crippen LogP contribution in [0.3, 0.4) is 0 Å². The molecule has 3 rings (SSSR count). The van der Waals surface area contributed by atoms with Crippen molar-refractivity contribution in [3.63, 3.8) is 0 Å². The Hall–Kier alpha value is -3.22. The number of carbonyl (C=O) groups is 3. The fourth-order valence-corrected chi connectivity index (χ4v) is 10.2. The Labute approximate surface area is 405 Å². The number of nitrogens with zero attached hydrogens (tertiary/aromatic N) is 4. The van der Waals surface area contributed by atoms with E-state index in [1.54, 1.807) is 0 Å². The SMILES string of the molecule is CC/C=C\C/C=C\C/C=C\CCCCCCCCCC(=O)SCCNC(=O)CCNC(=O)[C@H](O)C(C)(C)COP(=O)(O)OP(=O)(O)OC[C@H]1O[C@@H](n2cnc3c(N)ncnc32)C(O)C1OP(=O)(O)O. The number of aromatic nitrogens is 4. The molecule has 28 heteroatoms. The van der Waals surface area contributed by atoms with Gasteiger partial charge in [0.1, 0.15) is 36.3 Å². The van der Waals surface area contributed by atoms with E-state index in [1.807, 2.05) is 0 Å². The van der Waals surface area contributed by atoms with E-state index < -0.39 is 84.6 Å². The first-order valence-corrected chi connectivity index (χ1v) is 28.1. The molecule has 1 aliphatic rings. The number of hydrogen-bond donors (Lipinski definition) is 9. The van der Waals surface area contributed by atoms with Gasteiger partial charge in [-0.25, -0.2) is 28.6 Å². The standard InChI is InChI=1S/C41H68N7O17P3S/c1-4-5-6-7-8-9-10-11-12-13-14-15-16-17-18-19-20-21-32(50)69-25-24-43-31(49)22-23-44-39(53)36(52)41(2,3)27-62-68(59,60)65-67(57,58)61-26-30-35(64-66(54,55)56)34(51)40(63-30)48-29-47-33-37(42)45-28-46-38(33)48/h5-6,8-9,11-12,28-30,34-36,40,51-52H,4,7,10,13-27H2,1-3H3,(H,43,49)(H,44,53)(H,57,58)(H,59,60)(H2,42,45,46)(H2,54,55,56)/b6-5-,9-8-,12-11-/t30-,34?,35?,36+,40-/m1/s1. The van der Waals surface area contributed by atoms with Crippen LogP contribution >= 0.6 is 35.2 Å². The number of imidazole rings is 1. The quantitative estimate of drug-likeness (QED) is 0.0252. The van der Waals surface area contributed by atoms with Crippen LogP contribution in [0.25, 0.3) is 11.2 Å². The number of nitrogen functional groups attached to an aromatic ring is 1. The van der Waals surface area contributed by atoms with Crippen molar-refractivity contribution in [2.24, 2.45) is 5.41 Å². The second kappa shape index (κ2) is 30.0. The number of nitrogens with one attached hydrogen (secondary N) is 2. The number of aliphatic hydroxyl groups is 2. The van der Waals surface area contributed by atoms with E-state index in [9.17, 15) is 57.9 Å². The van der Waals surface area contributed by atoms with Crippen molar-refractivity contribution < 1.29 is 80.5 Å². The molecule has 0 saturated carbocycles. The van der Waals surface area contributed by atoms with Gasteiger partial charge in [0.25, 0.3) is 0 Å². The number of thioether (sulfide) groups is 1. The normalized spacial score (nSPS) is 20.2. The maximum Gasteiger partial charge on any atom is 0.481 e. The molecule has 1 fully saturated rings. The highest BCUT2D eigenvalue weighted by molar-refractivity contribution is 8.13. The largest absolute Gasteiger partial charge is 0.481 e. The number of rotatable bonds is 34. The highest BCUT2D eigenvalue weighted by Gasteiger charge is 2.50. The summed E-state index contributed by atoms with van der Waals surface area (Å²) in [4.78, 5) is 88.4. The summed E-state index contributed by atoms with van der Waals surface area (Å²) in [7, 11) is -16.4. The topological polar surface area (TPSA) is 364 Å². The zero-order valence-corrected chi connectivity index (χ0v) is 42.5. The molecule has 1 aliphatic heterocycles. The zero-order valence-electron chi connectivity index (χ0n) is 39.0. The molecular formula is C41H68N7O17P3S. The highest BCUT2D eigenvalue weighted by atomic mass is 32.2. The molecule has 2 aromatic rings. The van der Waals surface area contributed by atoms with Crippen LogP contribution in [-0.4, -0.2) is 123 Å². The first kappa shape index (κ1) is 60.1. The van der Waals surface area contributed by atoms with E-state index in [4.69, 9.17) is 19.5 Å². The van der Waals surface area contributed by atoms with Crippen LogP contribution in [-0.2, 0) is 50.7 Å². The van der Waals surface area contributed by atoms with Gasteiger partial charge in [-0.1, -0.05) is 101 Å². The van der Waals surface area contributed by atoms with Gasteiger partial charge in [0.2, 0.25) is 11.8 Å². The number of phosphoric ester groups is 3. The molecule has 0 spiro atoms.